The molecule has 1 saturated heterocycles. The van der Waals surface area contributed by atoms with Gasteiger partial charge < -0.3 is 10.2 Å². The predicted octanol–water partition coefficient (Wildman–Crippen LogP) is 0.954. The molecule has 1 heterocycles. The van der Waals surface area contributed by atoms with Gasteiger partial charge in [-0.05, 0) is 39.6 Å². The molecule has 1 aliphatic carbocycles. The van der Waals surface area contributed by atoms with Crippen LogP contribution >= 0.6 is 0 Å². The second-order valence-corrected chi connectivity index (χ2v) is 5.07. The molecule has 2 fully saturated rings. The second-order valence-electron chi connectivity index (χ2n) is 5.07. The lowest BCUT2D eigenvalue weighted by molar-refractivity contribution is -0.140. The monoisotopic (exact) mass is 240 g/mol. The zero-order valence-corrected chi connectivity index (χ0v) is 10.6. The Morgan fingerprint density at radius 3 is 2.76 bits per heavy atom. The smallest absolute Gasteiger partial charge is 0.227 e. The summed E-state index contributed by atoms with van der Waals surface area (Å²) in [6.07, 6.45) is 3.17. The van der Waals surface area contributed by atoms with Gasteiger partial charge in [0.2, 0.25) is 5.91 Å². The third-order valence-corrected chi connectivity index (χ3v) is 4.05. The van der Waals surface area contributed by atoms with Crippen molar-refractivity contribution in [3.8, 4) is 0 Å². The van der Waals surface area contributed by atoms with Crippen LogP contribution in [0.1, 0.15) is 40.4 Å². The molecule has 17 heavy (non-hydrogen) atoms. The summed E-state index contributed by atoms with van der Waals surface area (Å²) >= 11 is 0. The largest absolute Gasteiger partial charge is 0.332 e. The number of rotatable bonds is 3. The van der Waals surface area contributed by atoms with Crippen LogP contribution in [-0.4, -0.2) is 42.3 Å². The molecule has 1 saturated carbocycles. The highest BCUT2D eigenvalue weighted by atomic mass is 16.2. The van der Waals surface area contributed by atoms with Crippen molar-refractivity contribution in [1.82, 2.24) is 10.2 Å². The van der Waals surface area contributed by atoms with E-state index in [0.717, 1.165) is 19.3 Å². The molecule has 2 unspecified atom stereocenters. The highest BCUT2D eigenvalue weighted by Gasteiger charge is 2.39. The molecule has 2 rings (SSSR count). The Kier molecular flexibility index (Phi) is 3.41. The molecule has 1 amide bonds. The molecule has 96 valence electrons. The Morgan fingerprint density at radius 1 is 1.35 bits per heavy atom. The number of ketones is 1. The normalized spacial score (nSPS) is 38.2. The van der Waals surface area contributed by atoms with Crippen molar-refractivity contribution in [2.45, 2.75) is 51.1 Å². The lowest BCUT2D eigenvalue weighted by Gasteiger charge is -2.28. The van der Waals surface area contributed by atoms with E-state index >= 15 is 0 Å². The summed E-state index contributed by atoms with van der Waals surface area (Å²) in [7, 11) is 1.88. The summed E-state index contributed by atoms with van der Waals surface area (Å²) in [4.78, 5) is 25.8. The van der Waals surface area contributed by atoms with E-state index < -0.39 is 0 Å². The topological polar surface area (TPSA) is 49.4 Å². The third kappa shape index (κ3) is 2.37. The molecule has 0 spiro atoms. The molecule has 0 aromatic carbocycles. The molecular formula is C13H22N2O2. The Morgan fingerprint density at radius 2 is 2.12 bits per heavy atom. The minimum absolute atomic E-state index is 0.0112. The lowest BCUT2D eigenvalue weighted by Crippen LogP contribution is -2.46. The number of amides is 1. The van der Waals surface area contributed by atoms with Gasteiger partial charge in [-0.3, -0.25) is 9.59 Å². The van der Waals surface area contributed by atoms with Gasteiger partial charge in [-0.1, -0.05) is 6.42 Å². The van der Waals surface area contributed by atoms with Gasteiger partial charge in [-0.25, -0.2) is 0 Å². The van der Waals surface area contributed by atoms with Crippen LogP contribution in [0, 0.1) is 5.92 Å². The van der Waals surface area contributed by atoms with Crippen LogP contribution < -0.4 is 5.32 Å². The quantitative estimate of drug-likeness (QED) is 0.799. The molecule has 1 aliphatic heterocycles. The minimum atomic E-state index is -0.363. The number of carbonyl (C=O) groups excluding carboxylic acids is 2. The van der Waals surface area contributed by atoms with Crippen molar-refractivity contribution in [1.29, 1.82) is 0 Å². The van der Waals surface area contributed by atoms with Crippen LogP contribution in [0.5, 0.6) is 0 Å². The summed E-state index contributed by atoms with van der Waals surface area (Å²) in [5.74, 6) is 0.0704. The maximum Gasteiger partial charge on any atom is 0.227 e. The summed E-state index contributed by atoms with van der Waals surface area (Å²) in [5, 5.41) is 3.19. The zero-order valence-electron chi connectivity index (χ0n) is 11.6. The second kappa shape index (κ2) is 5.17. The first-order valence-electron chi connectivity index (χ1n) is 7.02. The summed E-state index contributed by atoms with van der Waals surface area (Å²) in [5.41, 5.74) is 0. The summed E-state index contributed by atoms with van der Waals surface area (Å²) in [6.45, 7) is 1.93. The maximum atomic E-state index is 12.5. The molecule has 1 N–H and O–H groups in total. The molecule has 4 atom stereocenters. The van der Waals surface area contributed by atoms with Gasteiger partial charge in [0.25, 0.3) is 0 Å². The number of carbonyl (C=O) groups is 2. The van der Waals surface area contributed by atoms with Crippen molar-refractivity contribution in [3.05, 3.63) is 0 Å². The molecule has 4 nitrogen and oxygen atoms in total. The molecular weight excluding hydrogens is 216 g/mol. The van der Waals surface area contributed by atoms with Gasteiger partial charge in [0.1, 0.15) is 0 Å². The Bertz CT molecular complexity index is 348. The molecule has 0 aromatic rings. The van der Waals surface area contributed by atoms with E-state index in [1.807, 2.05) is 7.05 Å². The van der Waals surface area contributed by atoms with Crippen LogP contribution in [0.2, 0.25) is 0 Å². The van der Waals surface area contributed by atoms with Gasteiger partial charge in [-0.15, -0.1) is 0 Å². The SMILES string of the molecule is [3H]C1C[C@H](C(C)=O)N(C(=O)[C@@H]2CCCC2NC)C1. The molecule has 0 radical (unpaired) electrons. The molecule has 4 heteroatoms. The van der Waals surface area contributed by atoms with E-state index in [1.165, 1.54) is 6.92 Å². The van der Waals surface area contributed by atoms with E-state index in [4.69, 9.17) is 1.37 Å². The lowest BCUT2D eigenvalue weighted by atomic mass is 10.0. The van der Waals surface area contributed by atoms with Crippen LogP contribution in [0.25, 0.3) is 0 Å². The first-order valence-corrected chi connectivity index (χ1v) is 6.45. The fourth-order valence-electron chi connectivity index (χ4n) is 3.07. The van der Waals surface area contributed by atoms with Gasteiger partial charge in [0, 0.05) is 14.0 Å². The van der Waals surface area contributed by atoms with Gasteiger partial charge in [-0.2, -0.15) is 0 Å². The van der Waals surface area contributed by atoms with E-state index in [9.17, 15) is 9.59 Å². The highest BCUT2D eigenvalue weighted by molar-refractivity contribution is 5.89. The predicted molar refractivity (Wildman–Crippen MR) is 65.6 cm³/mol. The van der Waals surface area contributed by atoms with Gasteiger partial charge in [0.05, 0.1) is 12.0 Å². The van der Waals surface area contributed by atoms with Crippen LogP contribution in [0.3, 0.4) is 0 Å². The van der Waals surface area contributed by atoms with Crippen LogP contribution in [0.4, 0.5) is 0 Å². The number of hydrogen-bond donors (Lipinski definition) is 1. The number of hydrogen-bond acceptors (Lipinski definition) is 3. The Hall–Kier alpha value is -0.900. The van der Waals surface area contributed by atoms with Crippen molar-refractivity contribution in [2.75, 3.05) is 13.6 Å². The van der Waals surface area contributed by atoms with Crippen molar-refractivity contribution >= 4 is 11.7 Å². The summed E-state index contributed by atoms with van der Waals surface area (Å²) < 4.78 is 7.78. The van der Waals surface area contributed by atoms with Crippen LogP contribution in [0.15, 0.2) is 0 Å². The fraction of sp³-hybridized carbons (Fsp3) is 0.846. The first-order chi connectivity index (χ1) is 8.54. The van der Waals surface area contributed by atoms with Crippen molar-refractivity contribution in [2.24, 2.45) is 5.92 Å². The fourth-order valence-corrected chi connectivity index (χ4v) is 3.07. The van der Waals surface area contributed by atoms with Gasteiger partial charge >= 0.3 is 0 Å². The Labute approximate surface area is 104 Å². The first kappa shape index (κ1) is 11.2. The molecule has 0 bridgehead atoms. The van der Waals surface area contributed by atoms with Crippen LogP contribution in [-0.2, 0) is 9.59 Å². The number of nitrogens with one attached hydrogen (secondary N) is 1. The highest BCUT2D eigenvalue weighted by Crippen LogP contribution is 2.30. The Balaban J connectivity index is 2.10. The van der Waals surface area contributed by atoms with E-state index in [-0.39, 0.29) is 36.1 Å². The average Bonchev–Trinajstić information content (AvgIpc) is 2.93. The third-order valence-electron chi connectivity index (χ3n) is 4.05. The molecule has 2 aliphatic rings. The van der Waals surface area contributed by atoms with Crippen molar-refractivity contribution in [3.63, 3.8) is 0 Å². The standard InChI is InChI=1S/C13H22N2O2/c1-9(16)12-7-4-8-15(12)13(17)10-5-3-6-11(10)14-2/h10-12,14H,3-8H2,1-2H3/t10-,11?,12-/m1/s1/i4T/t4?,10-,11?,12-. The van der Waals surface area contributed by atoms with E-state index in [0.29, 0.717) is 13.0 Å². The number of Topliss-reactive ketones (excluding diaryl/α,β-unsaturated/α-hetero) is 1. The van der Waals surface area contributed by atoms with E-state index in [2.05, 4.69) is 5.32 Å². The molecule has 0 aromatic heterocycles. The number of nitrogens with zero attached hydrogens (tertiary/aromatic N) is 1. The minimum Gasteiger partial charge on any atom is -0.332 e. The summed E-state index contributed by atoms with van der Waals surface area (Å²) in [6, 6.07) is -0.131. The van der Waals surface area contributed by atoms with E-state index in [1.54, 1.807) is 4.90 Å². The number of likely N-dealkylation sites (tertiary alicyclic amines) is 1. The van der Waals surface area contributed by atoms with Gasteiger partial charge in [0.15, 0.2) is 5.78 Å². The van der Waals surface area contributed by atoms with Crippen molar-refractivity contribution < 1.29 is 11.0 Å². The zero-order chi connectivity index (χ0) is 13.3. The maximum absolute atomic E-state index is 12.5. The average molecular weight is 240 g/mol.